The van der Waals surface area contributed by atoms with Crippen LogP contribution in [0.1, 0.15) is 72.7 Å². The number of hydrogen-bond acceptors (Lipinski definition) is 2. The molecule has 1 aliphatic rings. The summed E-state index contributed by atoms with van der Waals surface area (Å²) in [6.45, 7) is 6.42. The summed E-state index contributed by atoms with van der Waals surface area (Å²) in [4.78, 5) is 25.3. The first kappa shape index (κ1) is 19.2. The Morgan fingerprint density at radius 1 is 0.889 bits per heavy atom. The van der Waals surface area contributed by atoms with E-state index in [1.165, 1.54) is 5.56 Å². The molecule has 1 aliphatic carbocycles. The maximum atomic E-state index is 12.7. The lowest BCUT2D eigenvalue weighted by Crippen LogP contribution is -2.33. The van der Waals surface area contributed by atoms with Crippen molar-refractivity contribution in [2.45, 2.75) is 57.9 Å². The first-order valence-electron chi connectivity index (χ1n) is 9.66. The predicted octanol–water partition coefficient (Wildman–Crippen LogP) is 4.91. The largest absolute Gasteiger partial charge is 0.349 e. The maximum Gasteiger partial charge on any atom is 0.255 e. The van der Waals surface area contributed by atoms with E-state index in [0.29, 0.717) is 16.8 Å². The first-order chi connectivity index (χ1) is 12.8. The molecule has 1 fully saturated rings. The van der Waals surface area contributed by atoms with Crippen LogP contribution in [0.2, 0.25) is 0 Å². The third kappa shape index (κ3) is 4.76. The molecule has 0 radical (unpaired) electrons. The number of para-hydroxylation sites is 1. The fourth-order valence-corrected chi connectivity index (χ4v) is 3.44. The van der Waals surface area contributed by atoms with Crippen LogP contribution in [0.4, 0.5) is 5.69 Å². The molecule has 1 saturated carbocycles. The van der Waals surface area contributed by atoms with Crippen LogP contribution in [-0.2, 0) is 5.41 Å². The average molecular weight is 364 g/mol. The number of carbonyl (C=O) groups is 2. The van der Waals surface area contributed by atoms with Gasteiger partial charge in [-0.05, 0) is 48.1 Å². The molecule has 3 rings (SSSR count). The minimum Gasteiger partial charge on any atom is -0.349 e. The van der Waals surface area contributed by atoms with Crippen LogP contribution in [0, 0.1) is 0 Å². The molecule has 2 amide bonds. The van der Waals surface area contributed by atoms with Crippen LogP contribution in [0.5, 0.6) is 0 Å². The molecule has 4 nitrogen and oxygen atoms in total. The van der Waals surface area contributed by atoms with Crippen LogP contribution in [0.3, 0.4) is 0 Å². The van der Waals surface area contributed by atoms with Crippen LogP contribution in [0.15, 0.2) is 48.5 Å². The van der Waals surface area contributed by atoms with Gasteiger partial charge in [0, 0.05) is 11.6 Å². The molecule has 2 aromatic rings. The van der Waals surface area contributed by atoms with Crippen molar-refractivity contribution in [1.29, 1.82) is 0 Å². The van der Waals surface area contributed by atoms with E-state index in [1.807, 2.05) is 36.4 Å². The quantitative estimate of drug-likeness (QED) is 0.810. The molecule has 27 heavy (non-hydrogen) atoms. The molecule has 0 heterocycles. The van der Waals surface area contributed by atoms with Crippen LogP contribution in [0.25, 0.3) is 0 Å². The van der Waals surface area contributed by atoms with Crippen molar-refractivity contribution < 1.29 is 9.59 Å². The maximum absolute atomic E-state index is 12.7. The molecule has 0 aliphatic heterocycles. The second-order valence-corrected chi connectivity index (χ2v) is 8.28. The lowest BCUT2D eigenvalue weighted by atomic mass is 9.86. The van der Waals surface area contributed by atoms with Gasteiger partial charge in [0.1, 0.15) is 0 Å². The van der Waals surface area contributed by atoms with Gasteiger partial charge in [-0.3, -0.25) is 9.59 Å². The molecule has 0 saturated heterocycles. The Bertz CT molecular complexity index is 813. The van der Waals surface area contributed by atoms with Crippen molar-refractivity contribution in [2.24, 2.45) is 0 Å². The van der Waals surface area contributed by atoms with Crippen molar-refractivity contribution in [3.05, 3.63) is 65.2 Å². The molecule has 0 spiro atoms. The minimum atomic E-state index is -0.212. The van der Waals surface area contributed by atoms with E-state index in [1.54, 1.807) is 12.1 Å². The summed E-state index contributed by atoms with van der Waals surface area (Å²) in [6.07, 6.45) is 4.38. The Morgan fingerprint density at radius 2 is 1.52 bits per heavy atom. The van der Waals surface area contributed by atoms with Crippen molar-refractivity contribution in [2.75, 3.05) is 5.32 Å². The summed E-state index contributed by atoms with van der Waals surface area (Å²) in [5.74, 6) is -0.336. The molecule has 0 bridgehead atoms. The molecule has 4 heteroatoms. The Hall–Kier alpha value is -2.62. The van der Waals surface area contributed by atoms with E-state index < -0.39 is 0 Å². The van der Waals surface area contributed by atoms with E-state index in [2.05, 4.69) is 31.4 Å². The third-order valence-corrected chi connectivity index (χ3v) is 5.12. The summed E-state index contributed by atoms with van der Waals surface area (Å²) >= 11 is 0. The molecule has 0 aromatic heterocycles. The van der Waals surface area contributed by atoms with E-state index in [-0.39, 0.29) is 23.3 Å². The number of benzene rings is 2. The summed E-state index contributed by atoms with van der Waals surface area (Å²) in [7, 11) is 0. The van der Waals surface area contributed by atoms with Crippen LogP contribution < -0.4 is 10.6 Å². The fraction of sp³-hybridized carbons (Fsp3) is 0.391. The van der Waals surface area contributed by atoms with Crippen molar-refractivity contribution in [1.82, 2.24) is 5.32 Å². The number of hydrogen-bond donors (Lipinski definition) is 2. The first-order valence-corrected chi connectivity index (χ1v) is 9.66. The Labute approximate surface area is 161 Å². The highest BCUT2D eigenvalue weighted by atomic mass is 16.2. The zero-order valence-electron chi connectivity index (χ0n) is 16.3. The van der Waals surface area contributed by atoms with Gasteiger partial charge in [-0.1, -0.05) is 57.9 Å². The van der Waals surface area contributed by atoms with Crippen molar-refractivity contribution in [3.63, 3.8) is 0 Å². The zero-order chi connectivity index (χ0) is 19.4. The van der Waals surface area contributed by atoms with E-state index >= 15 is 0 Å². The fourth-order valence-electron chi connectivity index (χ4n) is 3.44. The van der Waals surface area contributed by atoms with Gasteiger partial charge in [-0.15, -0.1) is 0 Å². The van der Waals surface area contributed by atoms with E-state index in [9.17, 15) is 9.59 Å². The van der Waals surface area contributed by atoms with Crippen molar-refractivity contribution in [3.8, 4) is 0 Å². The second-order valence-electron chi connectivity index (χ2n) is 8.28. The normalized spacial score (nSPS) is 14.8. The molecular formula is C23H28N2O2. The highest BCUT2D eigenvalue weighted by molar-refractivity contribution is 6.09. The standard InChI is InChI=1S/C23H28N2O2/c1-23(2,3)17-14-12-16(13-15-17)21(26)25-20-11-7-6-10-19(20)22(27)24-18-8-4-5-9-18/h6-7,10-15,18H,4-5,8-9H2,1-3H3,(H,24,27)(H,25,26). The number of nitrogens with one attached hydrogen (secondary N) is 2. The monoisotopic (exact) mass is 364 g/mol. The van der Waals surface area contributed by atoms with Gasteiger partial charge in [-0.25, -0.2) is 0 Å². The highest BCUT2D eigenvalue weighted by Crippen LogP contribution is 2.23. The summed E-state index contributed by atoms with van der Waals surface area (Å²) < 4.78 is 0. The zero-order valence-corrected chi connectivity index (χ0v) is 16.3. The van der Waals surface area contributed by atoms with Gasteiger partial charge < -0.3 is 10.6 Å². The number of carbonyl (C=O) groups excluding carboxylic acids is 2. The second kappa shape index (κ2) is 7.95. The lowest BCUT2D eigenvalue weighted by Gasteiger charge is -2.19. The molecule has 142 valence electrons. The average Bonchev–Trinajstić information content (AvgIpc) is 3.14. The molecule has 0 unspecified atom stereocenters. The van der Waals surface area contributed by atoms with Gasteiger partial charge in [0.05, 0.1) is 11.3 Å². The predicted molar refractivity (Wildman–Crippen MR) is 109 cm³/mol. The SMILES string of the molecule is CC(C)(C)c1ccc(C(=O)Nc2ccccc2C(=O)NC2CCCC2)cc1. The van der Waals surface area contributed by atoms with Crippen LogP contribution in [-0.4, -0.2) is 17.9 Å². The Kier molecular flexibility index (Phi) is 5.64. The molecule has 2 aromatic carbocycles. The number of rotatable bonds is 4. The Morgan fingerprint density at radius 3 is 2.15 bits per heavy atom. The molecular weight excluding hydrogens is 336 g/mol. The third-order valence-electron chi connectivity index (χ3n) is 5.12. The molecule has 2 N–H and O–H groups in total. The number of anilines is 1. The van der Waals surface area contributed by atoms with E-state index in [0.717, 1.165) is 25.7 Å². The summed E-state index contributed by atoms with van der Waals surface area (Å²) in [5, 5.41) is 5.97. The van der Waals surface area contributed by atoms with Gasteiger partial charge >= 0.3 is 0 Å². The van der Waals surface area contributed by atoms with Crippen molar-refractivity contribution >= 4 is 17.5 Å². The van der Waals surface area contributed by atoms with Gasteiger partial charge in [0.2, 0.25) is 0 Å². The van der Waals surface area contributed by atoms with Crippen LogP contribution >= 0.6 is 0 Å². The Balaban J connectivity index is 1.73. The van der Waals surface area contributed by atoms with E-state index in [4.69, 9.17) is 0 Å². The van der Waals surface area contributed by atoms with Gasteiger partial charge in [0.15, 0.2) is 0 Å². The smallest absolute Gasteiger partial charge is 0.255 e. The van der Waals surface area contributed by atoms with Gasteiger partial charge in [0.25, 0.3) is 11.8 Å². The topological polar surface area (TPSA) is 58.2 Å². The number of amides is 2. The highest BCUT2D eigenvalue weighted by Gasteiger charge is 2.20. The van der Waals surface area contributed by atoms with Gasteiger partial charge in [-0.2, -0.15) is 0 Å². The lowest BCUT2D eigenvalue weighted by molar-refractivity contribution is 0.0939. The summed E-state index contributed by atoms with van der Waals surface area (Å²) in [6, 6.07) is 15.0. The summed E-state index contributed by atoms with van der Waals surface area (Å²) in [5.41, 5.74) is 2.84. The minimum absolute atomic E-state index is 0.0416. The molecule has 0 atom stereocenters.